The number of anilines is 1. The van der Waals surface area contributed by atoms with Crippen molar-refractivity contribution in [3.63, 3.8) is 0 Å². The first kappa shape index (κ1) is 13.5. The fourth-order valence-corrected chi connectivity index (χ4v) is 4.82. The first-order chi connectivity index (χ1) is 8.50. The lowest BCUT2D eigenvalue weighted by atomic mass is 10.2. The standard InChI is InChI=1S/C12H15N2O2PS/c1-9-7-10(2)16-17(18,15-9)14-12-5-3-11(8-13)4-6-12/h3-6,9-10H,7H2,1-2H3,(H,14,18). The number of rotatable bonds is 2. The van der Waals surface area contributed by atoms with E-state index in [4.69, 9.17) is 26.1 Å². The molecule has 0 aromatic heterocycles. The Labute approximate surface area is 112 Å². The van der Waals surface area contributed by atoms with Gasteiger partial charge in [0.1, 0.15) is 0 Å². The molecule has 0 bridgehead atoms. The molecule has 6 heteroatoms. The molecular weight excluding hydrogens is 267 g/mol. The Kier molecular flexibility index (Phi) is 4.04. The van der Waals surface area contributed by atoms with Crippen molar-refractivity contribution in [2.45, 2.75) is 32.5 Å². The van der Waals surface area contributed by atoms with Crippen molar-refractivity contribution < 1.29 is 9.05 Å². The predicted molar refractivity (Wildman–Crippen MR) is 74.8 cm³/mol. The van der Waals surface area contributed by atoms with Crippen LogP contribution in [0.2, 0.25) is 0 Å². The van der Waals surface area contributed by atoms with Crippen LogP contribution in [0.1, 0.15) is 25.8 Å². The van der Waals surface area contributed by atoms with Gasteiger partial charge in [-0.05, 0) is 49.9 Å². The van der Waals surface area contributed by atoms with Crippen LogP contribution in [0.3, 0.4) is 0 Å². The van der Waals surface area contributed by atoms with E-state index in [2.05, 4.69) is 11.2 Å². The van der Waals surface area contributed by atoms with Gasteiger partial charge in [0, 0.05) is 12.1 Å². The number of hydrogen-bond donors (Lipinski definition) is 1. The van der Waals surface area contributed by atoms with Gasteiger partial charge in [-0.1, -0.05) is 0 Å². The molecule has 1 saturated heterocycles. The molecule has 1 N–H and O–H groups in total. The van der Waals surface area contributed by atoms with Gasteiger partial charge in [0.25, 0.3) is 6.64 Å². The van der Waals surface area contributed by atoms with Crippen molar-refractivity contribution in [2.24, 2.45) is 0 Å². The molecule has 0 aliphatic carbocycles. The third-order valence-corrected chi connectivity index (χ3v) is 5.18. The zero-order valence-corrected chi connectivity index (χ0v) is 12.0. The van der Waals surface area contributed by atoms with Gasteiger partial charge in [-0.15, -0.1) is 0 Å². The highest BCUT2D eigenvalue weighted by Crippen LogP contribution is 2.54. The Hall–Kier alpha value is -0.920. The molecule has 1 aliphatic rings. The summed E-state index contributed by atoms with van der Waals surface area (Å²) in [5, 5.41) is 11.9. The Morgan fingerprint density at radius 3 is 2.33 bits per heavy atom. The minimum atomic E-state index is -2.47. The van der Waals surface area contributed by atoms with E-state index in [1.165, 1.54) is 0 Å². The van der Waals surface area contributed by atoms with E-state index in [0.29, 0.717) is 5.56 Å². The van der Waals surface area contributed by atoms with Crippen molar-refractivity contribution in [1.82, 2.24) is 0 Å². The Bertz CT molecular complexity index is 498. The van der Waals surface area contributed by atoms with E-state index in [9.17, 15) is 0 Å². The van der Waals surface area contributed by atoms with Gasteiger partial charge in [0.2, 0.25) is 0 Å². The first-order valence-corrected chi connectivity index (χ1v) is 8.40. The molecule has 1 aromatic rings. The molecule has 1 aromatic carbocycles. The van der Waals surface area contributed by atoms with Gasteiger partial charge >= 0.3 is 0 Å². The van der Waals surface area contributed by atoms with Crippen molar-refractivity contribution in [3.05, 3.63) is 29.8 Å². The summed E-state index contributed by atoms with van der Waals surface area (Å²) in [6, 6.07) is 9.17. The number of nitriles is 1. The zero-order valence-electron chi connectivity index (χ0n) is 10.3. The van der Waals surface area contributed by atoms with Crippen LogP contribution in [0.4, 0.5) is 5.69 Å². The SMILES string of the molecule is CC1CC(C)OP(=S)(Nc2ccc(C#N)cc2)O1. The van der Waals surface area contributed by atoms with E-state index in [-0.39, 0.29) is 12.2 Å². The minimum Gasteiger partial charge on any atom is -0.316 e. The number of nitrogens with zero attached hydrogens (tertiary/aromatic N) is 1. The first-order valence-electron chi connectivity index (χ1n) is 5.76. The average molecular weight is 282 g/mol. The second-order valence-corrected chi connectivity index (χ2v) is 7.45. The lowest BCUT2D eigenvalue weighted by Gasteiger charge is -2.35. The molecule has 2 rings (SSSR count). The van der Waals surface area contributed by atoms with Gasteiger partial charge in [-0.3, -0.25) is 0 Å². The van der Waals surface area contributed by atoms with E-state index in [1.807, 2.05) is 26.0 Å². The van der Waals surface area contributed by atoms with Gasteiger partial charge in [0.05, 0.1) is 23.8 Å². The summed E-state index contributed by atoms with van der Waals surface area (Å²) in [6.45, 7) is 1.53. The number of nitrogens with one attached hydrogen (secondary N) is 1. The summed E-state index contributed by atoms with van der Waals surface area (Å²) in [7, 11) is 0. The van der Waals surface area contributed by atoms with Crippen molar-refractivity contribution in [2.75, 3.05) is 5.09 Å². The summed E-state index contributed by atoms with van der Waals surface area (Å²) < 4.78 is 11.5. The average Bonchev–Trinajstić information content (AvgIpc) is 2.27. The van der Waals surface area contributed by atoms with Crippen LogP contribution in [-0.2, 0) is 20.9 Å². The fourth-order valence-electron chi connectivity index (χ4n) is 1.88. The van der Waals surface area contributed by atoms with Gasteiger partial charge in [-0.2, -0.15) is 5.26 Å². The second kappa shape index (κ2) is 5.38. The summed E-state index contributed by atoms with van der Waals surface area (Å²) >= 11 is 5.44. The van der Waals surface area contributed by atoms with Gasteiger partial charge < -0.3 is 14.1 Å². The number of benzene rings is 1. The van der Waals surface area contributed by atoms with Crippen LogP contribution in [-0.4, -0.2) is 12.2 Å². The highest BCUT2D eigenvalue weighted by Gasteiger charge is 2.31. The molecule has 4 nitrogen and oxygen atoms in total. The molecule has 96 valence electrons. The van der Waals surface area contributed by atoms with Crippen molar-refractivity contribution in [3.8, 4) is 6.07 Å². The van der Waals surface area contributed by atoms with E-state index >= 15 is 0 Å². The fraction of sp³-hybridized carbons (Fsp3) is 0.417. The van der Waals surface area contributed by atoms with E-state index < -0.39 is 6.64 Å². The molecule has 0 saturated carbocycles. The quantitative estimate of drug-likeness (QED) is 0.842. The Morgan fingerprint density at radius 1 is 1.28 bits per heavy atom. The van der Waals surface area contributed by atoms with E-state index in [0.717, 1.165) is 12.1 Å². The van der Waals surface area contributed by atoms with Crippen LogP contribution in [0.15, 0.2) is 24.3 Å². The largest absolute Gasteiger partial charge is 0.316 e. The molecule has 2 atom stereocenters. The maximum Gasteiger partial charge on any atom is 0.288 e. The maximum absolute atomic E-state index is 8.74. The van der Waals surface area contributed by atoms with Crippen LogP contribution >= 0.6 is 6.64 Å². The van der Waals surface area contributed by atoms with Crippen molar-refractivity contribution >= 4 is 24.1 Å². The third-order valence-electron chi connectivity index (χ3n) is 2.58. The summed E-state index contributed by atoms with van der Waals surface area (Å²) in [5.41, 5.74) is 1.43. The lowest BCUT2D eigenvalue weighted by molar-refractivity contribution is 0.0728. The molecule has 1 fully saturated rings. The molecule has 0 spiro atoms. The van der Waals surface area contributed by atoms with Gasteiger partial charge in [-0.25, -0.2) is 0 Å². The second-order valence-electron chi connectivity index (χ2n) is 4.37. The predicted octanol–water partition coefficient (Wildman–Crippen LogP) is 3.41. The normalized spacial score (nSPS) is 31.6. The minimum absolute atomic E-state index is 0.102. The summed E-state index contributed by atoms with van der Waals surface area (Å²) in [5.74, 6) is 0. The highest BCUT2D eigenvalue weighted by molar-refractivity contribution is 8.10. The van der Waals surface area contributed by atoms with Crippen molar-refractivity contribution in [1.29, 1.82) is 5.26 Å². The molecule has 0 radical (unpaired) electrons. The Balaban J connectivity index is 2.12. The van der Waals surface area contributed by atoms with Crippen LogP contribution in [0, 0.1) is 11.3 Å². The number of hydrogen-bond acceptors (Lipinski definition) is 4. The van der Waals surface area contributed by atoms with Crippen LogP contribution in [0.25, 0.3) is 0 Å². The highest BCUT2D eigenvalue weighted by atomic mass is 32.5. The third kappa shape index (κ3) is 3.30. The molecule has 18 heavy (non-hydrogen) atoms. The molecule has 1 aliphatic heterocycles. The molecule has 0 amide bonds. The monoisotopic (exact) mass is 282 g/mol. The maximum atomic E-state index is 8.74. The van der Waals surface area contributed by atoms with Gasteiger partial charge in [0.15, 0.2) is 0 Å². The lowest BCUT2D eigenvalue weighted by Crippen LogP contribution is -2.26. The zero-order chi connectivity index (χ0) is 13.2. The van der Waals surface area contributed by atoms with E-state index in [1.54, 1.807) is 12.1 Å². The Morgan fingerprint density at radius 2 is 1.83 bits per heavy atom. The van der Waals surface area contributed by atoms with Crippen LogP contribution < -0.4 is 5.09 Å². The molecule has 1 heterocycles. The molecular formula is C12H15N2O2PS. The topological polar surface area (TPSA) is 54.3 Å². The molecule has 2 unspecified atom stereocenters. The summed E-state index contributed by atoms with van der Waals surface area (Å²) in [4.78, 5) is 0. The smallest absolute Gasteiger partial charge is 0.288 e. The summed E-state index contributed by atoms with van der Waals surface area (Å²) in [6.07, 6.45) is 1.06. The van der Waals surface area contributed by atoms with Crippen LogP contribution in [0.5, 0.6) is 0 Å².